The van der Waals surface area contributed by atoms with Crippen molar-refractivity contribution in [2.24, 2.45) is 17.3 Å². The average Bonchev–Trinajstić information content (AvgIpc) is 2.38. The molecule has 0 aromatic carbocycles. The first-order valence-electron chi connectivity index (χ1n) is 6.49. The molecule has 0 N–H and O–H groups in total. The summed E-state index contributed by atoms with van der Waals surface area (Å²) in [5.41, 5.74) is 0.0640. The smallest absolute Gasteiger partial charge is 0.305 e. The Kier molecular flexibility index (Phi) is 7.09. The second kappa shape index (κ2) is 7.46. The average molecular weight is 242 g/mol. The van der Waals surface area contributed by atoms with E-state index in [2.05, 4.69) is 20.8 Å². The van der Waals surface area contributed by atoms with Gasteiger partial charge in [-0.05, 0) is 17.8 Å². The quantitative estimate of drug-likeness (QED) is 0.485. The zero-order valence-electron chi connectivity index (χ0n) is 11.8. The molecule has 0 aromatic heterocycles. The van der Waals surface area contributed by atoms with Crippen LogP contribution in [0.1, 0.15) is 53.4 Å². The number of aldehydes is 1. The van der Waals surface area contributed by atoms with Crippen LogP contribution in [0.15, 0.2) is 0 Å². The van der Waals surface area contributed by atoms with E-state index in [1.807, 2.05) is 6.92 Å². The van der Waals surface area contributed by atoms with Crippen LogP contribution in [0.2, 0.25) is 0 Å². The van der Waals surface area contributed by atoms with Gasteiger partial charge in [-0.25, -0.2) is 0 Å². The summed E-state index contributed by atoms with van der Waals surface area (Å²) in [6.45, 7) is 8.34. The molecule has 3 nitrogen and oxygen atoms in total. The highest BCUT2D eigenvalue weighted by Crippen LogP contribution is 2.43. The van der Waals surface area contributed by atoms with E-state index in [0.29, 0.717) is 12.3 Å². The fourth-order valence-corrected chi connectivity index (χ4v) is 2.60. The molecule has 0 aliphatic heterocycles. The normalized spacial score (nSPS) is 15.1. The van der Waals surface area contributed by atoms with Gasteiger partial charge in [0.15, 0.2) is 0 Å². The molecule has 2 unspecified atom stereocenters. The molecule has 0 bridgehead atoms. The minimum Gasteiger partial charge on any atom is -0.469 e. The monoisotopic (exact) mass is 242 g/mol. The Morgan fingerprint density at radius 3 is 2.18 bits per heavy atom. The minimum atomic E-state index is -0.165. The third kappa shape index (κ3) is 4.14. The SMILES string of the molecule is CCC(CC)(CCC(=O)OC)C(C)C(C)C=O. The van der Waals surface area contributed by atoms with Gasteiger partial charge in [0.2, 0.25) is 0 Å². The number of hydrogen-bond donors (Lipinski definition) is 0. The number of carbonyl (C=O) groups is 2. The lowest BCUT2D eigenvalue weighted by Crippen LogP contribution is -2.33. The molecular weight excluding hydrogens is 216 g/mol. The molecule has 0 saturated carbocycles. The van der Waals surface area contributed by atoms with E-state index >= 15 is 0 Å². The zero-order chi connectivity index (χ0) is 13.5. The predicted octanol–water partition coefficient (Wildman–Crippen LogP) is 3.22. The number of rotatable bonds is 8. The van der Waals surface area contributed by atoms with Gasteiger partial charge in [0, 0.05) is 12.3 Å². The van der Waals surface area contributed by atoms with Crippen LogP contribution in [0, 0.1) is 17.3 Å². The highest BCUT2D eigenvalue weighted by Gasteiger charge is 2.35. The van der Waals surface area contributed by atoms with Crippen molar-refractivity contribution in [1.82, 2.24) is 0 Å². The molecule has 0 saturated heterocycles. The predicted molar refractivity (Wildman–Crippen MR) is 68.7 cm³/mol. The highest BCUT2D eigenvalue weighted by molar-refractivity contribution is 5.69. The van der Waals surface area contributed by atoms with Gasteiger partial charge in [0.25, 0.3) is 0 Å². The third-order valence-corrected chi connectivity index (χ3v) is 4.43. The summed E-state index contributed by atoms with van der Waals surface area (Å²) in [5.74, 6) is 0.162. The third-order valence-electron chi connectivity index (χ3n) is 4.43. The second-order valence-corrected chi connectivity index (χ2v) is 4.93. The van der Waals surface area contributed by atoms with Crippen molar-refractivity contribution in [3.05, 3.63) is 0 Å². The fraction of sp³-hybridized carbons (Fsp3) is 0.857. The number of ether oxygens (including phenoxy) is 1. The summed E-state index contributed by atoms with van der Waals surface area (Å²) in [6, 6.07) is 0. The molecule has 0 fully saturated rings. The Labute approximate surface area is 105 Å². The summed E-state index contributed by atoms with van der Waals surface area (Å²) in [6.07, 6.45) is 4.22. The van der Waals surface area contributed by atoms with Crippen LogP contribution in [-0.4, -0.2) is 19.4 Å². The van der Waals surface area contributed by atoms with Crippen molar-refractivity contribution < 1.29 is 14.3 Å². The number of hydrogen-bond acceptors (Lipinski definition) is 3. The van der Waals surface area contributed by atoms with Crippen LogP contribution in [0.5, 0.6) is 0 Å². The van der Waals surface area contributed by atoms with Gasteiger partial charge in [0.1, 0.15) is 6.29 Å². The van der Waals surface area contributed by atoms with E-state index in [4.69, 9.17) is 4.74 Å². The lowest BCUT2D eigenvalue weighted by Gasteiger charge is -2.39. The summed E-state index contributed by atoms with van der Waals surface area (Å²) in [7, 11) is 1.42. The number of esters is 1. The lowest BCUT2D eigenvalue weighted by atomic mass is 9.65. The maximum Gasteiger partial charge on any atom is 0.305 e. The molecule has 0 radical (unpaired) electrons. The summed E-state index contributed by atoms with van der Waals surface area (Å²) < 4.78 is 4.69. The Bertz CT molecular complexity index is 244. The van der Waals surface area contributed by atoms with E-state index < -0.39 is 0 Å². The second-order valence-electron chi connectivity index (χ2n) is 4.93. The van der Waals surface area contributed by atoms with E-state index in [1.54, 1.807) is 0 Å². The van der Waals surface area contributed by atoms with Crippen LogP contribution in [0.25, 0.3) is 0 Å². The molecule has 0 aromatic rings. The first kappa shape index (κ1) is 16.1. The summed E-state index contributed by atoms with van der Waals surface area (Å²) in [5, 5.41) is 0. The largest absolute Gasteiger partial charge is 0.469 e. The molecule has 0 amide bonds. The van der Waals surface area contributed by atoms with Crippen molar-refractivity contribution >= 4 is 12.3 Å². The maximum atomic E-state index is 11.3. The van der Waals surface area contributed by atoms with Crippen LogP contribution >= 0.6 is 0 Å². The lowest BCUT2D eigenvalue weighted by molar-refractivity contribution is -0.141. The first-order chi connectivity index (χ1) is 7.97. The van der Waals surface area contributed by atoms with Crippen molar-refractivity contribution in [1.29, 1.82) is 0 Å². The molecule has 2 atom stereocenters. The van der Waals surface area contributed by atoms with Gasteiger partial charge < -0.3 is 9.53 Å². The molecule has 0 heterocycles. The topological polar surface area (TPSA) is 43.4 Å². The van der Waals surface area contributed by atoms with Crippen molar-refractivity contribution in [3.63, 3.8) is 0 Å². The molecule has 0 spiro atoms. The number of methoxy groups -OCH3 is 1. The fourth-order valence-electron chi connectivity index (χ4n) is 2.60. The van der Waals surface area contributed by atoms with E-state index in [1.165, 1.54) is 7.11 Å². The van der Waals surface area contributed by atoms with Gasteiger partial charge in [-0.2, -0.15) is 0 Å². The van der Waals surface area contributed by atoms with Gasteiger partial charge in [0.05, 0.1) is 7.11 Å². The highest BCUT2D eigenvalue weighted by atomic mass is 16.5. The van der Waals surface area contributed by atoms with Gasteiger partial charge in [-0.15, -0.1) is 0 Å². The van der Waals surface area contributed by atoms with E-state index in [0.717, 1.165) is 25.5 Å². The Morgan fingerprint density at radius 2 is 1.82 bits per heavy atom. The Morgan fingerprint density at radius 1 is 1.29 bits per heavy atom. The molecule has 3 heteroatoms. The Balaban J connectivity index is 4.76. The summed E-state index contributed by atoms with van der Waals surface area (Å²) >= 11 is 0. The summed E-state index contributed by atoms with van der Waals surface area (Å²) in [4.78, 5) is 22.2. The van der Waals surface area contributed by atoms with Crippen LogP contribution < -0.4 is 0 Å². The Hall–Kier alpha value is -0.860. The minimum absolute atomic E-state index is 0.0348. The van der Waals surface area contributed by atoms with E-state index in [-0.39, 0.29) is 17.3 Å². The van der Waals surface area contributed by atoms with Crippen molar-refractivity contribution in [3.8, 4) is 0 Å². The van der Waals surface area contributed by atoms with Gasteiger partial charge in [-0.1, -0.05) is 40.5 Å². The van der Waals surface area contributed by atoms with Crippen molar-refractivity contribution in [2.45, 2.75) is 53.4 Å². The van der Waals surface area contributed by atoms with Crippen LogP contribution in [-0.2, 0) is 14.3 Å². The van der Waals surface area contributed by atoms with Gasteiger partial charge >= 0.3 is 5.97 Å². The maximum absolute atomic E-state index is 11.3. The molecule has 0 rings (SSSR count). The standard InChI is InChI=1S/C14H26O3/c1-6-14(7-2,9-8-13(16)17-5)12(4)11(3)10-15/h10-12H,6-9H2,1-5H3. The van der Waals surface area contributed by atoms with Crippen molar-refractivity contribution in [2.75, 3.05) is 7.11 Å². The van der Waals surface area contributed by atoms with E-state index in [9.17, 15) is 9.59 Å². The number of carbonyl (C=O) groups excluding carboxylic acids is 2. The zero-order valence-corrected chi connectivity index (χ0v) is 11.8. The van der Waals surface area contributed by atoms with Gasteiger partial charge in [-0.3, -0.25) is 4.79 Å². The molecule has 0 aliphatic rings. The first-order valence-corrected chi connectivity index (χ1v) is 6.49. The molecule has 100 valence electrons. The molecular formula is C14H26O3. The molecule has 17 heavy (non-hydrogen) atoms. The van der Waals surface area contributed by atoms with Crippen LogP contribution in [0.4, 0.5) is 0 Å². The van der Waals surface area contributed by atoms with Crippen LogP contribution in [0.3, 0.4) is 0 Å². The molecule has 0 aliphatic carbocycles.